The molecule has 4 nitrogen and oxygen atoms in total. The van der Waals surface area contributed by atoms with Gasteiger partial charge >= 0.3 is 0 Å². The number of pyridine rings is 1. The second kappa shape index (κ2) is 3.14. The van der Waals surface area contributed by atoms with Gasteiger partial charge in [-0.05, 0) is 18.1 Å². The number of amides is 1. The first-order valence-electron chi connectivity index (χ1n) is 4.48. The number of aromatic amines is 1. The molecule has 2 rings (SSSR count). The first kappa shape index (κ1) is 8.74. The molecule has 0 aliphatic carbocycles. The lowest BCUT2D eigenvalue weighted by Crippen LogP contribution is -2.10. The fourth-order valence-corrected chi connectivity index (χ4v) is 1.61. The van der Waals surface area contributed by atoms with Gasteiger partial charge in [-0.15, -0.1) is 0 Å². The van der Waals surface area contributed by atoms with Gasteiger partial charge in [0.15, 0.2) is 0 Å². The van der Waals surface area contributed by atoms with Gasteiger partial charge in [0.05, 0.1) is 5.56 Å². The Morgan fingerprint density at radius 3 is 3.07 bits per heavy atom. The largest absolute Gasteiger partial charge is 0.366 e. The summed E-state index contributed by atoms with van der Waals surface area (Å²) in [6.07, 6.45) is 4.19. The Bertz CT molecular complexity index is 487. The number of carbonyl (C=O) groups is 1. The van der Waals surface area contributed by atoms with Crippen molar-refractivity contribution in [3.8, 4) is 0 Å². The van der Waals surface area contributed by atoms with Crippen molar-refractivity contribution in [3.63, 3.8) is 0 Å². The molecule has 0 saturated heterocycles. The minimum Gasteiger partial charge on any atom is -0.366 e. The molecule has 1 amide bonds. The smallest absolute Gasteiger partial charge is 0.250 e. The minimum absolute atomic E-state index is 0.418. The summed E-state index contributed by atoms with van der Waals surface area (Å²) in [6.45, 7) is 2.03. The quantitative estimate of drug-likeness (QED) is 0.745. The number of nitrogens with zero attached hydrogens (tertiary/aromatic N) is 1. The molecule has 0 aliphatic rings. The van der Waals surface area contributed by atoms with Gasteiger partial charge in [0.1, 0.15) is 5.65 Å². The molecule has 3 N–H and O–H groups in total. The fraction of sp³-hybridized carbons (Fsp3) is 0.200. The molecular weight excluding hydrogens is 178 g/mol. The number of H-pyrrole nitrogens is 1. The van der Waals surface area contributed by atoms with E-state index in [1.54, 1.807) is 12.4 Å². The van der Waals surface area contributed by atoms with Crippen LogP contribution >= 0.6 is 0 Å². The summed E-state index contributed by atoms with van der Waals surface area (Å²) in [7, 11) is 0. The van der Waals surface area contributed by atoms with Crippen LogP contribution in [-0.2, 0) is 6.42 Å². The maximum absolute atomic E-state index is 11.1. The van der Waals surface area contributed by atoms with Gasteiger partial charge in [0.25, 0.3) is 5.91 Å². The maximum Gasteiger partial charge on any atom is 0.250 e. The average molecular weight is 189 g/mol. The number of aryl methyl sites for hydroxylation is 1. The van der Waals surface area contributed by atoms with Crippen LogP contribution in [0.3, 0.4) is 0 Å². The number of carbonyl (C=O) groups excluding carboxylic acids is 1. The van der Waals surface area contributed by atoms with Crippen LogP contribution in [0.5, 0.6) is 0 Å². The van der Waals surface area contributed by atoms with E-state index in [9.17, 15) is 4.79 Å². The van der Waals surface area contributed by atoms with E-state index in [1.165, 1.54) is 0 Å². The molecule has 0 radical (unpaired) electrons. The summed E-state index contributed by atoms with van der Waals surface area (Å²) in [4.78, 5) is 18.2. The molecule has 0 spiro atoms. The zero-order chi connectivity index (χ0) is 10.1. The van der Waals surface area contributed by atoms with Crippen molar-refractivity contribution in [1.29, 1.82) is 0 Å². The summed E-state index contributed by atoms with van der Waals surface area (Å²) in [5.41, 5.74) is 7.59. The van der Waals surface area contributed by atoms with Gasteiger partial charge in [0.2, 0.25) is 0 Å². The lowest BCUT2D eigenvalue weighted by Gasteiger charge is -1.99. The third-order valence-corrected chi connectivity index (χ3v) is 2.31. The number of nitrogens with one attached hydrogen (secondary N) is 1. The van der Waals surface area contributed by atoms with Crippen molar-refractivity contribution in [2.75, 3.05) is 0 Å². The second-order valence-electron chi connectivity index (χ2n) is 3.11. The van der Waals surface area contributed by atoms with Gasteiger partial charge in [-0.25, -0.2) is 4.98 Å². The van der Waals surface area contributed by atoms with Crippen molar-refractivity contribution >= 4 is 16.9 Å². The Balaban J connectivity index is 2.81. The standard InChI is InChI=1S/C10H11N3O/c1-2-6-3-4-12-10-8(6)7(5-13-10)9(11)14/h3-5H,2H2,1H3,(H2,11,14)(H,12,13). The maximum atomic E-state index is 11.1. The molecule has 0 aromatic carbocycles. The van der Waals surface area contributed by atoms with Crippen molar-refractivity contribution in [1.82, 2.24) is 9.97 Å². The number of nitrogens with two attached hydrogens (primary N) is 1. The van der Waals surface area contributed by atoms with Crippen LogP contribution in [0.1, 0.15) is 22.8 Å². The molecule has 0 atom stereocenters. The first-order chi connectivity index (χ1) is 6.74. The third-order valence-electron chi connectivity index (χ3n) is 2.31. The minimum atomic E-state index is -0.418. The summed E-state index contributed by atoms with van der Waals surface area (Å²) < 4.78 is 0. The van der Waals surface area contributed by atoms with E-state index < -0.39 is 5.91 Å². The van der Waals surface area contributed by atoms with Crippen molar-refractivity contribution in [2.45, 2.75) is 13.3 Å². The Morgan fingerprint density at radius 2 is 2.43 bits per heavy atom. The van der Waals surface area contributed by atoms with Gasteiger partial charge in [-0.1, -0.05) is 6.92 Å². The Labute approximate surface area is 81.1 Å². The second-order valence-corrected chi connectivity index (χ2v) is 3.11. The van der Waals surface area contributed by atoms with Crippen LogP contribution in [0.4, 0.5) is 0 Å². The molecule has 0 saturated carbocycles. The predicted molar refractivity (Wildman–Crippen MR) is 54.0 cm³/mol. The molecule has 0 bridgehead atoms. The van der Waals surface area contributed by atoms with E-state index in [1.807, 2.05) is 13.0 Å². The molecule has 14 heavy (non-hydrogen) atoms. The summed E-state index contributed by atoms with van der Waals surface area (Å²) in [5, 5.41) is 0.850. The van der Waals surface area contributed by atoms with Crippen LogP contribution < -0.4 is 5.73 Å². The number of hydrogen-bond acceptors (Lipinski definition) is 2. The average Bonchev–Trinajstić information content (AvgIpc) is 2.60. The Morgan fingerprint density at radius 1 is 1.64 bits per heavy atom. The van der Waals surface area contributed by atoms with E-state index in [0.29, 0.717) is 5.56 Å². The van der Waals surface area contributed by atoms with Crippen LogP contribution in [-0.4, -0.2) is 15.9 Å². The highest BCUT2D eigenvalue weighted by Crippen LogP contribution is 2.20. The lowest BCUT2D eigenvalue weighted by atomic mass is 10.1. The van der Waals surface area contributed by atoms with Gasteiger partial charge in [-0.3, -0.25) is 4.79 Å². The van der Waals surface area contributed by atoms with Crippen molar-refractivity contribution in [3.05, 3.63) is 29.6 Å². The molecule has 2 aromatic rings. The van der Waals surface area contributed by atoms with E-state index in [-0.39, 0.29) is 0 Å². The van der Waals surface area contributed by atoms with Crippen LogP contribution in [0.2, 0.25) is 0 Å². The predicted octanol–water partition coefficient (Wildman–Crippen LogP) is 1.22. The molecule has 4 heteroatoms. The van der Waals surface area contributed by atoms with Crippen molar-refractivity contribution in [2.24, 2.45) is 5.73 Å². The molecule has 2 heterocycles. The number of aromatic nitrogens is 2. The SMILES string of the molecule is CCc1ccnc2[nH]cc(C(N)=O)c12. The highest BCUT2D eigenvalue weighted by atomic mass is 16.1. The van der Waals surface area contributed by atoms with Gasteiger partial charge in [-0.2, -0.15) is 0 Å². The van der Waals surface area contributed by atoms with Crippen LogP contribution in [0, 0.1) is 0 Å². The number of primary amides is 1. The molecular formula is C10H11N3O. The molecule has 2 aromatic heterocycles. The zero-order valence-electron chi connectivity index (χ0n) is 7.87. The lowest BCUT2D eigenvalue weighted by molar-refractivity contribution is 0.100. The summed E-state index contributed by atoms with van der Waals surface area (Å²) in [5.74, 6) is -0.418. The zero-order valence-corrected chi connectivity index (χ0v) is 7.87. The highest BCUT2D eigenvalue weighted by molar-refractivity contribution is 6.06. The Kier molecular flexibility index (Phi) is 1.96. The fourth-order valence-electron chi connectivity index (χ4n) is 1.61. The molecule has 0 fully saturated rings. The number of fused-ring (bicyclic) bond motifs is 1. The van der Waals surface area contributed by atoms with E-state index >= 15 is 0 Å². The van der Waals surface area contributed by atoms with Crippen LogP contribution in [0.25, 0.3) is 11.0 Å². The van der Waals surface area contributed by atoms with E-state index in [4.69, 9.17) is 5.73 Å². The van der Waals surface area contributed by atoms with Crippen molar-refractivity contribution < 1.29 is 4.79 Å². The topological polar surface area (TPSA) is 71.8 Å². The number of hydrogen-bond donors (Lipinski definition) is 2. The molecule has 72 valence electrons. The first-order valence-corrected chi connectivity index (χ1v) is 4.48. The third kappa shape index (κ3) is 1.16. The monoisotopic (exact) mass is 189 g/mol. The van der Waals surface area contributed by atoms with E-state index in [2.05, 4.69) is 9.97 Å². The van der Waals surface area contributed by atoms with E-state index in [0.717, 1.165) is 23.0 Å². The van der Waals surface area contributed by atoms with Gasteiger partial charge < -0.3 is 10.7 Å². The molecule has 0 unspecified atom stereocenters. The molecule has 0 aliphatic heterocycles. The Hall–Kier alpha value is -1.84. The normalized spacial score (nSPS) is 10.6. The summed E-state index contributed by atoms with van der Waals surface area (Å²) in [6, 6.07) is 1.91. The van der Waals surface area contributed by atoms with Crippen LogP contribution in [0.15, 0.2) is 18.5 Å². The number of rotatable bonds is 2. The highest BCUT2D eigenvalue weighted by Gasteiger charge is 2.11. The summed E-state index contributed by atoms with van der Waals surface area (Å²) >= 11 is 0. The van der Waals surface area contributed by atoms with Gasteiger partial charge in [0, 0.05) is 17.8 Å².